The summed E-state index contributed by atoms with van der Waals surface area (Å²) in [5.41, 5.74) is 5.44. The predicted molar refractivity (Wildman–Crippen MR) is 122 cm³/mol. The number of nitrogens with one attached hydrogen (secondary N) is 4. The van der Waals surface area contributed by atoms with Gasteiger partial charge in [0.25, 0.3) is 0 Å². The van der Waals surface area contributed by atoms with Gasteiger partial charge in [0.05, 0.1) is 12.1 Å². The second kappa shape index (κ2) is 15.0. The molecule has 1 rings (SSSR count). The van der Waals surface area contributed by atoms with E-state index in [0.717, 1.165) is 6.42 Å². The standard InChI is InChI=1S/C20H37N5O6S/c1-12(26)16(25-17(27)13-7-5-10-22-13)19(29)23-14(8-11-32-2)18(28)24-15(20(30)31)6-3-4-9-21/h12-16,22,26H,3-11,21H2,1-2H3,(H,23,29)(H,24,28)(H,25,27)(H,30,31). The molecule has 0 aliphatic carbocycles. The van der Waals surface area contributed by atoms with Gasteiger partial charge in [0.15, 0.2) is 0 Å². The lowest BCUT2D eigenvalue weighted by Crippen LogP contribution is -2.59. The molecule has 184 valence electrons. The fourth-order valence-electron chi connectivity index (χ4n) is 3.36. The van der Waals surface area contributed by atoms with E-state index >= 15 is 0 Å². The van der Waals surface area contributed by atoms with E-state index in [1.54, 1.807) is 0 Å². The highest BCUT2D eigenvalue weighted by atomic mass is 32.2. The van der Waals surface area contributed by atoms with E-state index < -0.39 is 48.1 Å². The fraction of sp³-hybridized carbons (Fsp3) is 0.800. The number of thioether (sulfide) groups is 1. The van der Waals surface area contributed by atoms with Crippen molar-refractivity contribution in [2.75, 3.05) is 25.1 Å². The van der Waals surface area contributed by atoms with Crippen LogP contribution in [0.2, 0.25) is 0 Å². The van der Waals surface area contributed by atoms with E-state index in [4.69, 9.17) is 5.73 Å². The second-order valence-electron chi connectivity index (χ2n) is 7.90. The Morgan fingerprint density at radius 1 is 1.09 bits per heavy atom. The molecule has 0 aromatic carbocycles. The summed E-state index contributed by atoms with van der Waals surface area (Å²) in [5.74, 6) is -2.34. The molecule has 8 N–H and O–H groups in total. The maximum Gasteiger partial charge on any atom is 0.326 e. The summed E-state index contributed by atoms with van der Waals surface area (Å²) < 4.78 is 0. The third-order valence-electron chi connectivity index (χ3n) is 5.24. The van der Waals surface area contributed by atoms with E-state index in [1.165, 1.54) is 18.7 Å². The number of aliphatic hydroxyl groups is 1. The van der Waals surface area contributed by atoms with Gasteiger partial charge in [-0.2, -0.15) is 11.8 Å². The number of hydrogen-bond donors (Lipinski definition) is 7. The molecule has 5 atom stereocenters. The highest BCUT2D eigenvalue weighted by Gasteiger charge is 2.33. The highest BCUT2D eigenvalue weighted by Crippen LogP contribution is 2.08. The Hall–Kier alpha value is -1.89. The predicted octanol–water partition coefficient (Wildman–Crippen LogP) is -1.46. The van der Waals surface area contributed by atoms with Gasteiger partial charge in [0, 0.05) is 0 Å². The lowest BCUT2D eigenvalue weighted by atomic mass is 10.1. The van der Waals surface area contributed by atoms with Crippen molar-refractivity contribution < 1.29 is 29.4 Å². The number of hydrogen-bond acceptors (Lipinski definition) is 8. The van der Waals surface area contributed by atoms with Gasteiger partial charge in [-0.25, -0.2) is 4.79 Å². The molecule has 0 spiro atoms. The van der Waals surface area contributed by atoms with Crippen LogP contribution in [0.4, 0.5) is 0 Å². The maximum absolute atomic E-state index is 12.8. The highest BCUT2D eigenvalue weighted by molar-refractivity contribution is 7.98. The van der Waals surface area contributed by atoms with Crippen LogP contribution in [-0.2, 0) is 19.2 Å². The molecule has 0 bridgehead atoms. The number of rotatable bonds is 15. The summed E-state index contributed by atoms with van der Waals surface area (Å²) in [4.78, 5) is 49.5. The summed E-state index contributed by atoms with van der Waals surface area (Å²) >= 11 is 1.47. The molecular formula is C20H37N5O6S. The van der Waals surface area contributed by atoms with Crippen LogP contribution in [0, 0.1) is 0 Å². The molecular weight excluding hydrogens is 438 g/mol. The zero-order valence-corrected chi connectivity index (χ0v) is 19.6. The minimum atomic E-state index is -1.24. The van der Waals surface area contributed by atoms with Gasteiger partial charge in [0.2, 0.25) is 17.7 Å². The van der Waals surface area contributed by atoms with E-state index in [-0.39, 0.29) is 18.7 Å². The Morgan fingerprint density at radius 3 is 2.31 bits per heavy atom. The van der Waals surface area contributed by atoms with Crippen molar-refractivity contribution in [3.63, 3.8) is 0 Å². The second-order valence-corrected chi connectivity index (χ2v) is 8.89. The molecule has 1 aliphatic heterocycles. The monoisotopic (exact) mass is 475 g/mol. The number of aliphatic hydroxyl groups excluding tert-OH is 1. The van der Waals surface area contributed by atoms with Crippen LogP contribution in [0.1, 0.15) is 45.4 Å². The zero-order valence-electron chi connectivity index (χ0n) is 18.8. The first kappa shape index (κ1) is 28.1. The smallest absolute Gasteiger partial charge is 0.326 e. The van der Waals surface area contributed by atoms with Crippen LogP contribution >= 0.6 is 11.8 Å². The van der Waals surface area contributed by atoms with Gasteiger partial charge < -0.3 is 37.2 Å². The van der Waals surface area contributed by atoms with E-state index in [2.05, 4.69) is 21.3 Å². The topological polar surface area (TPSA) is 183 Å². The van der Waals surface area contributed by atoms with Crippen molar-refractivity contribution in [2.24, 2.45) is 5.73 Å². The fourth-order valence-corrected chi connectivity index (χ4v) is 3.83. The Balaban J connectivity index is 2.82. The van der Waals surface area contributed by atoms with Crippen LogP contribution in [-0.4, -0.2) is 89.3 Å². The van der Waals surface area contributed by atoms with Crippen molar-refractivity contribution >= 4 is 35.5 Å². The van der Waals surface area contributed by atoms with Gasteiger partial charge in [-0.3, -0.25) is 14.4 Å². The summed E-state index contributed by atoms with van der Waals surface area (Å²) in [6.45, 7) is 2.51. The van der Waals surface area contributed by atoms with Crippen molar-refractivity contribution in [2.45, 2.75) is 75.7 Å². The minimum Gasteiger partial charge on any atom is -0.480 e. The molecule has 5 unspecified atom stereocenters. The molecule has 1 saturated heterocycles. The lowest BCUT2D eigenvalue weighted by molar-refractivity contribution is -0.142. The molecule has 0 radical (unpaired) electrons. The van der Waals surface area contributed by atoms with Gasteiger partial charge in [-0.15, -0.1) is 0 Å². The third kappa shape index (κ3) is 9.72. The van der Waals surface area contributed by atoms with E-state index in [9.17, 15) is 29.4 Å². The van der Waals surface area contributed by atoms with Gasteiger partial charge in [0.1, 0.15) is 18.1 Å². The number of carboxylic acids is 1. The van der Waals surface area contributed by atoms with Crippen molar-refractivity contribution in [3.8, 4) is 0 Å². The Morgan fingerprint density at radius 2 is 1.78 bits per heavy atom. The Kier molecular flexibility index (Phi) is 13.2. The molecule has 32 heavy (non-hydrogen) atoms. The third-order valence-corrected chi connectivity index (χ3v) is 5.89. The molecule has 0 aromatic heterocycles. The Labute approximate surface area is 193 Å². The van der Waals surface area contributed by atoms with Crippen LogP contribution < -0.4 is 27.0 Å². The molecule has 0 aromatic rings. The van der Waals surface area contributed by atoms with Crippen molar-refractivity contribution in [3.05, 3.63) is 0 Å². The summed E-state index contributed by atoms with van der Waals surface area (Å²) in [6.07, 6.45) is 3.81. The number of aliphatic carboxylic acids is 1. The van der Waals surface area contributed by atoms with Crippen LogP contribution in [0.25, 0.3) is 0 Å². The first-order valence-corrected chi connectivity index (χ1v) is 12.3. The van der Waals surface area contributed by atoms with Crippen LogP contribution in [0.3, 0.4) is 0 Å². The zero-order chi connectivity index (χ0) is 24.1. The molecule has 3 amide bonds. The largest absolute Gasteiger partial charge is 0.480 e. The van der Waals surface area contributed by atoms with E-state index in [1.807, 2.05) is 6.26 Å². The number of carboxylic acid groups (broad SMARTS) is 1. The lowest BCUT2D eigenvalue weighted by Gasteiger charge is -2.26. The number of carbonyl (C=O) groups excluding carboxylic acids is 3. The molecule has 1 fully saturated rings. The number of unbranched alkanes of at least 4 members (excludes halogenated alkanes) is 1. The quantitative estimate of drug-likeness (QED) is 0.139. The maximum atomic E-state index is 12.8. The van der Waals surface area contributed by atoms with Gasteiger partial charge >= 0.3 is 5.97 Å². The average Bonchev–Trinajstić information content (AvgIpc) is 3.28. The average molecular weight is 476 g/mol. The molecule has 12 heteroatoms. The number of amides is 3. The minimum absolute atomic E-state index is 0.224. The number of nitrogens with two attached hydrogens (primary N) is 1. The van der Waals surface area contributed by atoms with Crippen LogP contribution in [0.5, 0.6) is 0 Å². The first-order valence-electron chi connectivity index (χ1n) is 11.0. The van der Waals surface area contributed by atoms with Crippen molar-refractivity contribution in [1.82, 2.24) is 21.3 Å². The van der Waals surface area contributed by atoms with Gasteiger partial charge in [-0.05, 0) is 70.5 Å². The summed E-state index contributed by atoms with van der Waals surface area (Å²) in [7, 11) is 0. The molecule has 1 aliphatic rings. The first-order chi connectivity index (χ1) is 15.2. The van der Waals surface area contributed by atoms with Crippen molar-refractivity contribution in [1.29, 1.82) is 0 Å². The van der Waals surface area contributed by atoms with Gasteiger partial charge in [-0.1, -0.05) is 0 Å². The molecule has 11 nitrogen and oxygen atoms in total. The Bertz CT molecular complexity index is 630. The van der Waals surface area contributed by atoms with E-state index in [0.29, 0.717) is 38.1 Å². The van der Waals surface area contributed by atoms with Crippen LogP contribution in [0.15, 0.2) is 0 Å². The SMILES string of the molecule is CSCCC(NC(=O)C(NC(=O)C1CCCN1)C(C)O)C(=O)NC(CCCCN)C(=O)O. The number of carbonyl (C=O) groups is 4. The molecule has 0 saturated carbocycles. The summed E-state index contributed by atoms with van der Waals surface area (Å²) in [6, 6.07) is -3.77. The normalized spacial score (nSPS) is 19.4. The molecule has 1 heterocycles. The summed E-state index contributed by atoms with van der Waals surface area (Å²) in [5, 5.41) is 30.1.